The smallest absolute Gasteiger partial charge is 0.223 e. The third-order valence-corrected chi connectivity index (χ3v) is 5.37. The predicted octanol–water partition coefficient (Wildman–Crippen LogP) is 2.58. The van der Waals surface area contributed by atoms with Crippen molar-refractivity contribution in [3.05, 3.63) is 30.1 Å². The molecule has 1 unspecified atom stereocenters. The third-order valence-electron chi connectivity index (χ3n) is 5.37. The average Bonchev–Trinajstić information content (AvgIpc) is 2.63. The molecule has 1 aromatic heterocycles. The SMILES string of the molecule is CC(CC(=O)N1CCC(N2CCCCC2=O)CC1)c1ccncc1. The van der Waals surface area contributed by atoms with Crippen LogP contribution in [0, 0.1) is 0 Å². The Morgan fingerprint density at radius 1 is 1.21 bits per heavy atom. The Labute approximate surface area is 144 Å². The lowest BCUT2D eigenvalue weighted by atomic mass is 9.96. The van der Waals surface area contributed by atoms with Crippen LogP contribution in [0.5, 0.6) is 0 Å². The van der Waals surface area contributed by atoms with E-state index in [-0.39, 0.29) is 11.8 Å². The van der Waals surface area contributed by atoms with Gasteiger partial charge in [-0.25, -0.2) is 0 Å². The molecule has 0 spiro atoms. The van der Waals surface area contributed by atoms with E-state index in [0.717, 1.165) is 50.9 Å². The summed E-state index contributed by atoms with van der Waals surface area (Å²) in [5.74, 6) is 0.738. The first-order valence-corrected chi connectivity index (χ1v) is 9.12. The Balaban J connectivity index is 1.49. The van der Waals surface area contributed by atoms with E-state index in [1.54, 1.807) is 12.4 Å². The summed E-state index contributed by atoms with van der Waals surface area (Å²) in [4.78, 5) is 32.7. The molecule has 0 saturated carbocycles. The van der Waals surface area contributed by atoms with E-state index < -0.39 is 0 Å². The van der Waals surface area contributed by atoms with E-state index in [0.29, 0.717) is 24.8 Å². The number of likely N-dealkylation sites (tertiary alicyclic amines) is 2. The highest BCUT2D eigenvalue weighted by atomic mass is 16.2. The fourth-order valence-corrected chi connectivity index (χ4v) is 3.84. The Kier molecular flexibility index (Phi) is 5.48. The molecule has 0 N–H and O–H groups in total. The predicted molar refractivity (Wildman–Crippen MR) is 92.4 cm³/mol. The quantitative estimate of drug-likeness (QED) is 0.853. The number of rotatable bonds is 4. The second kappa shape index (κ2) is 7.77. The van der Waals surface area contributed by atoms with Crippen molar-refractivity contribution in [2.24, 2.45) is 0 Å². The molecule has 24 heavy (non-hydrogen) atoms. The van der Waals surface area contributed by atoms with Crippen molar-refractivity contribution >= 4 is 11.8 Å². The molecule has 3 rings (SSSR count). The zero-order valence-corrected chi connectivity index (χ0v) is 14.5. The van der Waals surface area contributed by atoms with Gasteiger partial charge in [-0.05, 0) is 49.3 Å². The van der Waals surface area contributed by atoms with Crippen molar-refractivity contribution in [1.29, 1.82) is 0 Å². The van der Waals surface area contributed by atoms with Gasteiger partial charge in [0, 0.05) is 50.9 Å². The topological polar surface area (TPSA) is 53.5 Å². The maximum Gasteiger partial charge on any atom is 0.223 e. The van der Waals surface area contributed by atoms with E-state index in [9.17, 15) is 9.59 Å². The number of carbonyl (C=O) groups is 2. The second-order valence-corrected chi connectivity index (χ2v) is 7.04. The van der Waals surface area contributed by atoms with Gasteiger partial charge in [0.05, 0.1) is 0 Å². The molecule has 0 radical (unpaired) electrons. The second-order valence-electron chi connectivity index (χ2n) is 7.04. The Hall–Kier alpha value is -1.91. The summed E-state index contributed by atoms with van der Waals surface area (Å²) in [5.41, 5.74) is 1.16. The lowest BCUT2D eigenvalue weighted by molar-refractivity contribution is -0.138. The van der Waals surface area contributed by atoms with Crippen LogP contribution in [0.15, 0.2) is 24.5 Å². The molecule has 130 valence electrons. The zero-order valence-electron chi connectivity index (χ0n) is 14.5. The van der Waals surface area contributed by atoms with Gasteiger partial charge in [-0.15, -0.1) is 0 Å². The number of aromatic nitrogens is 1. The number of amides is 2. The van der Waals surface area contributed by atoms with E-state index in [1.165, 1.54) is 0 Å². The fraction of sp³-hybridized carbons (Fsp3) is 0.632. The minimum Gasteiger partial charge on any atom is -0.343 e. The highest BCUT2D eigenvalue weighted by Crippen LogP contribution is 2.24. The van der Waals surface area contributed by atoms with Gasteiger partial charge in [0.1, 0.15) is 0 Å². The molecule has 0 aromatic carbocycles. The molecule has 5 nitrogen and oxygen atoms in total. The van der Waals surface area contributed by atoms with Crippen LogP contribution in [0.3, 0.4) is 0 Å². The first-order chi connectivity index (χ1) is 11.6. The van der Waals surface area contributed by atoms with E-state index in [1.807, 2.05) is 17.0 Å². The highest BCUT2D eigenvalue weighted by molar-refractivity contribution is 5.78. The molecule has 0 bridgehead atoms. The Morgan fingerprint density at radius 3 is 2.58 bits per heavy atom. The van der Waals surface area contributed by atoms with Crippen LogP contribution in [0.1, 0.15) is 56.9 Å². The van der Waals surface area contributed by atoms with Gasteiger partial charge in [-0.1, -0.05) is 6.92 Å². The molecule has 3 heterocycles. The minimum absolute atomic E-state index is 0.210. The van der Waals surface area contributed by atoms with Gasteiger partial charge >= 0.3 is 0 Å². The monoisotopic (exact) mass is 329 g/mol. The molecule has 2 aliphatic heterocycles. The van der Waals surface area contributed by atoms with Crippen molar-refractivity contribution < 1.29 is 9.59 Å². The van der Waals surface area contributed by atoms with Gasteiger partial charge in [0.25, 0.3) is 0 Å². The maximum absolute atomic E-state index is 12.6. The molecule has 2 fully saturated rings. The maximum atomic E-state index is 12.6. The molecule has 0 aliphatic carbocycles. The molecule has 1 atom stereocenters. The molecule has 2 saturated heterocycles. The summed E-state index contributed by atoms with van der Waals surface area (Å²) in [6, 6.07) is 4.29. The van der Waals surface area contributed by atoms with E-state index >= 15 is 0 Å². The highest BCUT2D eigenvalue weighted by Gasteiger charge is 2.30. The third kappa shape index (κ3) is 3.94. The van der Waals surface area contributed by atoms with Crippen molar-refractivity contribution in [3.63, 3.8) is 0 Å². The Morgan fingerprint density at radius 2 is 1.92 bits per heavy atom. The molecule has 5 heteroatoms. The van der Waals surface area contributed by atoms with Crippen molar-refractivity contribution in [2.75, 3.05) is 19.6 Å². The summed E-state index contributed by atoms with van der Waals surface area (Å²) in [6.45, 7) is 4.54. The molecular weight excluding hydrogens is 302 g/mol. The molecule has 2 amide bonds. The normalized spacial score (nSPS) is 21.0. The van der Waals surface area contributed by atoms with Crippen LogP contribution >= 0.6 is 0 Å². The summed E-state index contributed by atoms with van der Waals surface area (Å²) >= 11 is 0. The minimum atomic E-state index is 0.210. The van der Waals surface area contributed by atoms with Crippen molar-refractivity contribution in [2.45, 2.75) is 57.4 Å². The van der Waals surface area contributed by atoms with Crippen LogP contribution in [0.25, 0.3) is 0 Å². The fourth-order valence-electron chi connectivity index (χ4n) is 3.84. The number of hydrogen-bond donors (Lipinski definition) is 0. The van der Waals surface area contributed by atoms with Crippen LogP contribution in [-0.2, 0) is 9.59 Å². The van der Waals surface area contributed by atoms with Gasteiger partial charge in [-0.2, -0.15) is 0 Å². The summed E-state index contributed by atoms with van der Waals surface area (Å²) in [5, 5.41) is 0. The standard InChI is InChI=1S/C19H27N3O2/c1-15(16-5-9-20-10-6-16)14-19(24)21-12-7-17(8-13-21)22-11-3-2-4-18(22)23/h5-6,9-10,15,17H,2-4,7-8,11-14H2,1H3. The number of nitrogens with zero attached hydrogens (tertiary/aromatic N) is 3. The summed E-state index contributed by atoms with van der Waals surface area (Å²) < 4.78 is 0. The van der Waals surface area contributed by atoms with Crippen LogP contribution in [-0.4, -0.2) is 52.3 Å². The van der Waals surface area contributed by atoms with Crippen LogP contribution < -0.4 is 0 Å². The summed E-state index contributed by atoms with van der Waals surface area (Å²) in [7, 11) is 0. The van der Waals surface area contributed by atoms with Gasteiger partial charge in [0.15, 0.2) is 0 Å². The first kappa shape index (κ1) is 16.9. The largest absolute Gasteiger partial charge is 0.343 e. The van der Waals surface area contributed by atoms with Crippen LogP contribution in [0.2, 0.25) is 0 Å². The van der Waals surface area contributed by atoms with E-state index in [2.05, 4.69) is 16.8 Å². The molecular formula is C19H27N3O2. The Bertz CT molecular complexity index is 567. The molecule has 1 aromatic rings. The lowest BCUT2D eigenvalue weighted by Gasteiger charge is -2.40. The van der Waals surface area contributed by atoms with Crippen LogP contribution in [0.4, 0.5) is 0 Å². The van der Waals surface area contributed by atoms with Crippen molar-refractivity contribution in [3.8, 4) is 0 Å². The van der Waals surface area contributed by atoms with Gasteiger partial charge < -0.3 is 9.80 Å². The number of piperidine rings is 2. The number of hydrogen-bond acceptors (Lipinski definition) is 3. The summed E-state index contributed by atoms with van der Waals surface area (Å²) in [6.07, 6.45) is 8.77. The van der Waals surface area contributed by atoms with Gasteiger partial charge in [0.2, 0.25) is 11.8 Å². The van der Waals surface area contributed by atoms with Gasteiger partial charge in [-0.3, -0.25) is 14.6 Å². The first-order valence-electron chi connectivity index (χ1n) is 9.12. The number of carbonyl (C=O) groups excluding carboxylic acids is 2. The number of pyridine rings is 1. The van der Waals surface area contributed by atoms with Crippen molar-refractivity contribution in [1.82, 2.24) is 14.8 Å². The van der Waals surface area contributed by atoms with E-state index in [4.69, 9.17) is 0 Å². The average molecular weight is 329 g/mol. The lowest BCUT2D eigenvalue weighted by Crippen LogP contribution is -2.50. The molecule has 2 aliphatic rings. The zero-order chi connectivity index (χ0) is 16.9.